The number of hydrogen-bond acceptors (Lipinski definition) is 4. The molecule has 1 rings (SSSR count). The molecule has 0 aliphatic carbocycles. The summed E-state index contributed by atoms with van der Waals surface area (Å²) in [7, 11) is 0. The number of aliphatic hydroxyl groups is 1. The van der Waals surface area contributed by atoms with Crippen molar-refractivity contribution in [3.8, 4) is 5.75 Å². The zero-order valence-corrected chi connectivity index (χ0v) is 11.9. The molecule has 0 spiro atoms. The predicted molar refractivity (Wildman–Crippen MR) is 78.3 cm³/mol. The van der Waals surface area contributed by atoms with Crippen LogP contribution in [0.1, 0.15) is 38.3 Å². The van der Waals surface area contributed by atoms with E-state index in [2.05, 4.69) is 12.2 Å². The second kappa shape index (κ2) is 8.91. The number of hydrogen-bond donors (Lipinski definition) is 3. The third-order valence-corrected chi connectivity index (χ3v) is 3.11. The molecule has 4 N–H and O–H groups in total. The van der Waals surface area contributed by atoms with E-state index in [9.17, 15) is 0 Å². The maximum atomic E-state index is 8.87. The van der Waals surface area contributed by atoms with Crippen LogP contribution in [-0.4, -0.2) is 30.9 Å². The average molecular weight is 266 g/mol. The first-order valence-electron chi connectivity index (χ1n) is 7.01. The lowest BCUT2D eigenvalue weighted by molar-refractivity contribution is 0.273. The molecule has 0 aliphatic heterocycles. The Hall–Kier alpha value is -1.10. The highest BCUT2D eigenvalue weighted by Crippen LogP contribution is 2.25. The summed E-state index contributed by atoms with van der Waals surface area (Å²) in [6, 6.07) is 8.39. The Balaban J connectivity index is 2.73. The van der Waals surface area contributed by atoms with Crippen molar-refractivity contribution in [2.75, 3.05) is 19.8 Å². The second-order valence-electron chi connectivity index (χ2n) is 4.69. The number of nitrogens with two attached hydrogens (primary N) is 1. The topological polar surface area (TPSA) is 67.5 Å². The lowest BCUT2D eigenvalue weighted by atomic mass is 10.0. The van der Waals surface area contributed by atoms with Crippen LogP contribution in [0.25, 0.3) is 0 Å². The predicted octanol–water partition coefficient (Wildman–Crippen LogP) is 1.84. The summed E-state index contributed by atoms with van der Waals surface area (Å²) >= 11 is 0. The second-order valence-corrected chi connectivity index (χ2v) is 4.69. The Morgan fingerprint density at radius 2 is 2.11 bits per heavy atom. The molecule has 4 nitrogen and oxygen atoms in total. The monoisotopic (exact) mass is 266 g/mol. The lowest BCUT2D eigenvalue weighted by Crippen LogP contribution is -2.35. The highest BCUT2D eigenvalue weighted by atomic mass is 16.5. The van der Waals surface area contributed by atoms with Gasteiger partial charge in [-0.2, -0.15) is 0 Å². The van der Waals surface area contributed by atoms with Gasteiger partial charge in [0.1, 0.15) is 5.75 Å². The van der Waals surface area contributed by atoms with E-state index in [1.807, 2.05) is 31.2 Å². The number of nitrogens with one attached hydrogen (secondary N) is 1. The molecule has 0 aliphatic rings. The molecule has 0 radical (unpaired) electrons. The maximum Gasteiger partial charge on any atom is 0.124 e. The zero-order valence-electron chi connectivity index (χ0n) is 11.9. The average Bonchev–Trinajstić information content (AvgIpc) is 2.43. The van der Waals surface area contributed by atoms with E-state index in [0.717, 1.165) is 24.2 Å². The minimum Gasteiger partial charge on any atom is -0.494 e. The van der Waals surface area contributed by atoms with E-state index in [1.54, 1.807) is 0 Å². The van der Waals surface area contributed by atoms with Gasteiger partial charge < -0.3 is 20.9 Å². The summed E-state index contributed by atoms with van der Waals surface area (Å²) in [5.74, 6) is 0.891. The van der Waals surface area contributed by atoms with Crippen LogP contribution in [0.5, 0.6) is 5.75 Å². The van der Waals surface area contributed by atoms with Crippen LogP contribution in [0.3, 0.4) is 0 Å². The van der Waals surface area contributed by atoms with Crippen molar-refractivity contribution in [2.45, 2.75) is 38.8 Å². The summed E-state index contributed by atoms with van der Waals surface area (Å²) in [6.45, 7) is 5.49. The van der Waals surface area contributed by atoms with E-state index < -0.39 is 0 Å². The quantitative estimate of drug-likeness (QED) is 0.638. The smallest absolute Gasteiger partial charge is 0.124 e. The highest BCUT2D eigenvalue weighted by molar-refractivity contribution is 5.36. The summed E-state index contributed by atoms with van der Waals surface area (Å²) in [5, 5.41) is 12.4. The Morgan fingerprint density at radius 1 is 1.37 bits per heavy atom. The van der Waals surface area contributed by atoms with E-state index in [1.165, 1.54) is 0 Å². The van der Waals surface area contributed by atoms with Crippen LogP contribution in [0.4, 0.5) is 0 Å². The van der Waals surface area contributed by atoms with Gasteiger partial charge in [0.25, 0.3) is 0 Å². The number of rotatable bonds is 9. The number of benzene rings is 1. The minimum atomic E-state index is 0.0800. The molecule has 0 saturated carbocycles. The Bertz CT molecular complexity index is 358. The number of aliphatic hydroxyl groups excluding tert-OH is 1. The molecule has 108 valence electrons. The van der Waals surface area contributed by atoms with Gasteiger partial charge in [-0.3, -0.25) is 0 Å². The van der Waals surface area contributed by atoms with Gasteiger partial charge in [0.2, 0.25) is 0 Å². The van der Waals surface area contributed by atoms with Gasteiger partial charge in [-0.15, -0.1) is 0 Å². The van der Waals surface area contributed by atoms with Crippen LogP contribution < -0.4 is 15.8 Å². The maximum absolute atomic E-state index is 8.87. The Morgan fingerprint density at radius 3 is 2.74 bits per heavy atom. The van der Waals surface area contributed by atoms with Gasteiger partial charge in [-0.05, 0) is 32.8 Å². The molecule has 0 aromatic heterocycles. The van der Waals surface area contributed by atoms with Crippen molar-refractivity contribution in [3.63, 3.8) is 0 Å². The summed E-state index contributed by atoms with van der Waals surface area (Å²) in [6.07, 6.45) is 1.74. The van der Waals surface area contributed by atoms with Crippen molar-refractivity contribution in [3.05, 3.63) is 29.8 Å². The largest absolute Gasteiger partial charge is 0.494 e. The van der Waals surface area contributed by atoms with Crippen molar-refractivity contribution >= 4 is 0 Å². The molecule has 0 heterocycles. The summed E-state index contributed by atoms with van der Waals surface area (Å²) in [4.78, 5) is 0. The van der Waals surface area contributed by atoms with Gasteiger partial charge in [-0.25, -0.2) is 0 Å². The van der Waals surface area contributed by atoms with Gasteiger partial charge in [0, 0.05) is 30.8 Å². The Kier molecular flexibility index (Phi) is 7.48. The third-order valence-electron chi connectivity index (χ3n) is 3.11. The van der Waals surface area contributed by atoms with Gasteiger partial charge >= 0.3 is 0 Å². The molecule has 1 aromatic carbocycles. The van der Waals surface area contributed by atoms with Gasteiger partial charge in [0.05, 0.1) is 6.61 Å². The van der Waals surface area contributed by atoms with Crippen molar-refractivity contribution in [1.82, 2.24) is 5.32 Å². The van der Waals surface area contributed by atoms with E-state index in [-0.39, 0.29) is 12.6 Å². The molecule has 1 aromatic rings. The van der Waals surface area contributed by atoms with Crippen LogP contribution >= 0.6 is 0 Å². The molecule has 0 saturated heterocycles. The van der Waals surface area contributed by atoms with Crippen LogP contribution in [0.2, 0.25) is 0 Å². The van der Waals surface area contributed by atoms with Crippen molar-refractivity contribution in [2.24, 2.45) is 5.73 Å². The van der Waals surface area contributed by atoms with Crippen LogP contribution in [0.15, 0.2) is 24.3 Å². The zero-order chi connectivity index (χ0) is 14.1. The Labute approximate surface area is 116 Å². The lowest BCUT2D eigenvalue weighted by Gasteiger charge is -2.24. The van der Waals surface area contributed by atoms with Crippen LogP contribution in [-0.2, 0) is 0 Å². The standard InChI is InChI=1S/C15H26N2O2/c1-3-19-15-9-5-4-8-13(15)14(11-16)17-12(2)7-6-10-18/h4-5,8-9,12,14,17-18H,3,6-7,10-11,16H2,1-2H3. The van der Waals surface area contributed by atoms with Gasteiger partial charge in [-0.1, -0.05) is 18.2 Å². The number of ether oxygens (including phenoxy) is 1. The van der Waals surface area contributed by atoms with E-state index >= 15 is 0 Å². The minimum absolute atomic E-state index is 0.0800. The molecule has 2 atom stereocenters. The van der Waals surface area contributed by atoms with Gasteiger partial charge in [0.15, 0.2) is 0 Å². The first-order chi connectivity index (χ1) is 9.22. The normalized spacial score (nSPS) is 14.1. The molecule has 4 heteroatoms. The first-order valence-corrected chi connectivity index (χ1v) is 7.01. The molecular formula is C15H26N2O2. The number of para-hydroxylation sites is 1. The highest BCUT2D eigenvalue weighted by Gasteiger charge is 2.16. The molecule has 0 amide bonds. The van der Waals surface area contributed by atoms with Crippen molar-refractivity contribution in [1.29, 1.82) is 0 Å². The summed E-state index contributed by atoms with van der Waals surface area (Å²) < 4.78 is 5.65. The fourth-order valence-corrected chi connectivity index (χ4v) is 2.16. The van der Waals surface area contributed by atoms with E-state index in [0.29, 0.717) is 19.2 Å². The molecule has 19 heavy (non-hydrogen) atoms. The van der Waals surface area contributed by atoms with Crippen molar-refractivity contribution < 1.29 is 9.84 Å². The fourth-order valence-electron chi connectivity index (χ4n) is 2.16. The fraction of sp³-hybridized carbons (Fsp3) is 0.600. The molecular weight excluding hydrogens is 240 g/mol. The summed E-state index contributed by atoms with van der Waals surface area (Å²) in [5.41, 5.74) is 6.98. The molecule has 2 unspecified atom stereocenters. The first kappa shape index (κ1) is 16.0. The molecule has 0 fully saturated rings. The van der Waals surface area contributed by atoms with E-state index in [4.69, 9.17) is 15.6 Å². The third kappa shape index (κ3) is 5.19. The SMILES string of the molecule is CCOc1ccccc1C(CN)NC(C)CCCO. The molecule has 0 bridgehead atoms. The van der Waals surface area contributed by atoms with Crippen LogP contribution in [0, 0.1) is 0 Å².